The summed E-state index contributed by atoms with van der Waals surface area (Å²) in [7, 11) is 1.28. The van der Waals surface area contributed by atoms with E-state index >= 15 is 0 Å². The van der Waals surface area contributed by atoms with E-state index in [2.05, 4.69) is 21.2 Å². The first-order valence-corrected chi connectivity index (χ1v) is 9.09. The Morgan fingerprint density at radius 1 is 1.19 bits per heavy atom. The first kappa shape index (κ1) is 20.4. The van der Waals surface area contributed by atoms with Crippen LogP contribution in [0.3, 0.4) is 0 Å². The molecule has 7 heteroatoms. The lowest BCUT2D eigenvalue weighted by atomic mass is 10.1. The van der Waals surface area contributed by atoms with Crippen LogP contribution in [0.25, 0.3) is 0 Å². The number of benzene rings is 2. The number of hydrogen-bond donors (Lipinski definition) is 1. The van der Waals surface area contributed by atoms with Crippen molar-refractivity contribution in [3.8, 4) is 0 Å². The van der Waals surface area contributed by atoms with E-state index in [1.54, 1.807) is 18.2 Å². The summed E-state index contributed by atoms with van der Waals surface area (Å²) in [6.45, 7) is 0.163. The van der Waals surface area contributed by atoms with Crippen LogP contribution in [0, 0.1) is 0 Å². The predicted molar refractivity (Wildman–Crippen MR) is 103 cm³/mol. The van der Waals surface area contributed by atoms with E-state index in [0.29, 0.717) is 11.6 Å². The highest BCUT2D eigenvalue weighted by atomic mass is 79.9. The third-order valence-corrected chi connectivity index (χ3v) is 4.61. The van der Waals surface area contributed by atoms with Gasteiger partial charge in [0.1, 0.15) is 12.6 Å². The average Bonchev–Trinajstić information content (AvgIpc) is 2.64. The van der Waals surface area contributed by atoms with Crippen molar-refractivity contribution in [1.29, 1.82) is 0 Å². The lowest BCUT2D eigenvalue weighted by Gasteiger charge is -2.17. The third kappa shape index (κ3) is 6.44. The quantitative estimate of drug-likeness (QED) is 0.638. The zero-order valence-electron chi connectivity index (χ0n) is 14.2. The zero-order valence-corrected chi connectivity index (χ0v) is 16.5. The van der Waals surface area contributed by atoms with Gasteiger partial charge in [-0.3, -0.25) is 4.79 Å². The zero-order chi connectivity index (χ0) is 18.9. The molecule has 0 aliphatic heterocycles. The third-order valence-electron chi connectivity index (χ3n) is 3.60. The van der Waals surface area contributed by atoms with Gasteiger partial charge >= 0.3 is 5.97 Å². The molecule has 138 valence electrons. The second kappa shape index (κ2) is 10.3. The van der Waals surface area contributed by atoms with Crippen LogP contribution in [0.5, 0.6) is 0 Å². The molecule has 0 fully saturated rings. The molecule has 26 heavy (non-hydrogen) atoms. The monoisotopic (exact) mass is 439 g/mol. The van der Waals surface area contributed by atoms with Crippen LogP contribution in [-0.4, -0.2) is 31.6 Å². The van der Waals surface area contributed by atoms with Gasteiger partial charge in [0.25, 0.3) is 0 Å². The number of ether oxygens (including phenoxy) is 2. The molecule has 5 nitrogen and oxygen atoms in total. The van der Waals surface area contributed by atoms with Crippen LogP contribution in [0.1, 0.15) is 11.1 Å². The Bertz CT molecular complexity index is 754. The predicted octanol–water partition coefficient (Wildman–Crippen LogP) is 3.52. The van der Waals surface area contributed by atoms with E-state index in [-0.39, 0.29) is 13.0 Å². The number of hydrogen-bond acceptors (Lipinski definition) is 4. The summed E-state index contributed by atoms with van der Waals surface area (Å²) in [5.41, 5.74) is 1.76. The fourth-order valence-electron chi connectivity index (χ4n) is 2.33. The van der Waals surface area contributed by atoms with E-state index in [1.165, 1.54) is 7.11 Å². The normalized spacial score (nSPS) is 11.7. The molecule has 1 amide bonds. The molecule has 1 atom stereocenters. The molecular weight excluding hydrogens is 422 g/mol. The van der Waals surface area contributed by atoms with Crippen molar-refractivity contribution in [1.82, 2.24) is 5.32 Å². The number of methoxy groups -OCH3 is 1. The minimum absolute atomic E-state index is 0.154. The van der Waals surface area contributed by atoms with Crippen molar-refractivity contribution < 1.29 is 19.1 Å². The number of halogens is 2. The van der Waals surface area contributed by atoms with Crippen molar-refractivity contribution >= 4 is 39.4 Å². The van der Waals surface area contributed by atoms with Gasteiger partial charge in [0.15, 0.2) is 0 Å². The molecule has 0 radical (unpaired) electrons. The van der Waals surface area contributed by atoms with Crippen LogP contribution in [0.4, 0.5) is 0 Å². The molecule has 2 aromatic carbocycles. The first-order valence-electron chi connectivity index (χ1n) is 7.92. The van der Waals surface area contributed by atoms with Gasteiger partial charge in [-0.15, -0.1) is 0 Å². The lowest BCUT2D eigenvalue weighted by Crippen LogP contribution is -2.44. The summed E-state index contributed by atoms with van der Waals surface area (Å²) in [6, 6.07) is 13.9. The fraction of sp³-hybridized carbons (Fsp3) is 0.263. The molecule has 0 unspecified atom stereocenters. The summed E-state index contributed by atoms with van der Waals surface area (Å²) in [5.74, 6) is -0.928. The van der Waals surface area contributed by atoms with Crippen molar-refractivity contribution in [2.45, 2.75) is 19.1 Å². The van der Waals surface area contributed by atoms with Crippen LogP contribution in [-0.2, 0) is 32.1 Å². The largest absolute Gasteiger partial charge is 0.467 e. The SMILES string of the molecule is COC(=O)[C@@H](Cc1cc(Cl)ccc1Br)NC(=O)COCc1ccccc1. The standard InChI is InChI=1S/C19H19BrClNO4/c1-25-19(24)17(10-14-9-15(21)7-8-16(14)20)22-18(23)12-26-11-13-5-3-2-4-6-13/h2-9,17H,10-12H2,1H3,(H,22,23)/t17-/m1/s1. The van der Waals surface area contributed by atoms with Crippen molar-refractivity contribution in [3.05, 3.63) is 69.2 Å². The van der Waals surface area contributed by atoms with Crippen LogP contribution >= 0.6 is 27.5 Å². The number of amides is 1. The molecule has 0 aliphatic carbocycles. The Labute approximate surface area is 165 Å². The molecule has 2 aromatic rings. The highest BCUT2D eigenvalue weighted by molar-refractivity contribution is 9.10. The van der Waals surface area contributed by atoms with Gasteiger partial charge in [-0.25, -0.2) is 4.79 Å². The van der Waals surface area contributed by atoms with Crippen molar-refractivity contribution in [2.24, 2.45) is 0 Å². The second-order valence-electron chi connectivity index (χ2n) is 5.56. The number of esters is 1. The summed E-state index contributed by atoms with van der Waals surface area (Å²) in [4.78, 5) is 24.1. The van der Waals surface area contributed by atoms with Crippen molar-refractivity contribution in [3.63, 3.8) is 0 Å². The number of rotatable bonds is 8. The summed E-state index contributed by atoms with van der Waals surface area (Å²) >= 11 is 9.42. The Balaban J connectivity index is 1.93. The average molecular weight is 441 g/mol. The summed E-state index contributed by atoms with van der Waals surface area (Å²) < 4.78 is 11.0. The first-order chi connectivity index (χ1) is 12.5. The summed E-state index contributed by atoms with van der Waals surface area (Å²) in [6.07, 6.45) is 0.248. The van der Waals surface area contributed by atoms with Gasteiger partial charge < -0.3 is 14.8 Å². The van der Waals surface area contributed by atoms with E-state index in [0.717, 1.165) is 15.6 Å². The Kier molecular flexibility index (Phi) is 8.09. The Morgan fingerprint density at radius 2 is 1.92 bits per heavy atom. The van der Waals surface area contributed by atoms with Gasteiger partial charge in [-0.2, -0.15) is 0 Å². The number of carbonyl (C=O) groups excluding carboxylic acids is 2. The lowest BCUT2D eigenvalue weighted by molar-refractivity contribution is -0.145. The maximum absolute atomic E-state index is 12.1. The van der Waals surface area contributed by atoms with Gasteiger partial charge in [0.05, 0.1) is 13.7 Å². The molecule has 0 aromatic heterocycles. The van der Waals surface area contributed by atoms with Crippen LogP contribution in [0.2, 0.25) is 5.02 Å². The van der Waals surface area contributed by atoms with Gasteiger partial charge in [-0.05, 0) is 29.3 Å². The maximum atomic E-state index is 12.1. The molecule has 2 rings (SSSR count). The van der Waals surface area contributed by atoms with E-state index < -0.39 is 17.9 Å². The highest BCUT2D eigenvalue weighted by Gasteiger charge is 2.23. The molecule has 0 heterocycles. The Morgan fingerprint density at radius 3 is 2.62 bits per heavy atom. The molecule has 0 aliphatic rings. The van der Waals surface area contributed by atoms with E-state index in [9.17, 15) is 9.59 Å². The minimum atomic E-state index is -0.831. The Hall–Kier alpha value is -1.89. The summed E-state index contributed by atoms with van der Waals surface area (Å²) in [5, 5.41) is 3.19. The molecule has 0 bridgehead atoms. The number of carbonyl (C=O) groups is 2. The number of nitrogens with one attached hydrogen (secondary N) is 1. The van der Waals surface area contributed by atoms with Gasteiger partial charge in [0, 0.05) is 15.9 Å². The van der Waals surface area contributed by atoms with E-state index in [4.69, 9.17) is 21.1 Å². The van der Waals surface area contributed by atoms with Crippen molar-refractivity contribution in [2.75, 3.05) is 13.7 Å². The minimum Gasteiger partial charge on any atom is -0.467 e. The molecule has 0 saturated heterocycles. The molecular formula is C19H19BrClNO4. The topological polar surface area (TPSA) is 64.6 Å². The smallest absolute Gasteiger partial charge is 0.328 e. The molecule has 1 N–H and O–H groups in total. The van der Waals surface area contributed by atoms with Crippen LogP contribution < -0.4 is 5.32 Å². The fourth-order valence-corrected chi connectivity index (χ4v) is 2.93. The van der Waals surface area contributed by atoms with Crippen LogP contribution in [0.15, 0.2) is 53.0 Å². The molecule has 0 saturated carbocycles. The second-order valence-corrected chi connectivity index (χ2v) is 6.85. The highest BCUT2D eigenvalue weighted by Crippen LogP contribution is 2.22. The van der Waals surface area contributed by atoms with Gasteiger partial charge in [-0.1, -0.05) is 57.9 Å². The van der Waals surface area contributed by atoms with E-state index in [1.807, 2.05) is 30.3 Å². The molecule has 0 spiro atoms. The maximum Gasteiger partial charge on any atom is 0.328 e. The van der Waals surface area contributed by atoms with Gasteiger partial charge in [0.2, 0.25) is 5.91 Å².